The van der Waals surface area contributed by atoms with Crippen LogP contribution < -0.4 is 0 Å². The molecule has 3 aromatic rings. The lowest BCUT2D eigenvalue weighted by Crippen LogP contribution is -1.96. The van der Waals surface area contributed by atoms with Crippen molar-refractivity contribution in [2.75, 3.05) is 0 Å². The van der Waals surface area contributed by atoms with Crippen LogP contribution >= 0.6 is 0 Å². The van der Waals surface area contributed by atoms with Gasteiger partial charge in [0, 0.05) is 48.5 Å². The third-order valence-corrected chi connectivity index (χ3v) is 3.12. The number of nitrogens with zero attached hydrogens (tertiary/aromatic N) is 3. The van der Waals surface area contributed by atoms with Gasteiger partial charge in [0.15, 0.2) is 0 Å². The fourth-order valence-corrected chi connectivity index (χ4v) is 2.13. The topological polar surface area (TPSA) is 54.5 Å². The number of aryl methyl sites for hydroxylation is 1. The van der Waals surface area contributed by atoms with E-state index in [9.17, 15) is 0 Å². The molecule has 3 aromatic heterocycles. The van der Waals surface area contributed by atoms with Crippen molar-refractivity contribution in [2.45, 2.75) is 19.8 Å². The van der Waals surface area contributed by atoms with Crippen molar-refractivity contribution in [3.8, 4) is 0 Å². The van der Waals surface area contributed by atoms with Gasteiger partial charge in [-0.15, -0.1) is 0 Å². The predicted molar refractivity (Wildman–Crippen MR) is 77.4 cm³/mol. The Morgan fingerprint density at radius 2 is 1.80 bits per heavy atom. The number of hydrogen-bond donors (Lipinski definition) is 1. The molecule has 4 heteroatoms. The van der Waals surface area contributed by atoms with E-state index < -0.39 is 0 Å². The van der Waals surface area contributed by atoms with Crippen LogP contribution in [0.15, 0.2) is 48.9 Å². The summed E-state index contributed by atoms with van der Waals surface area (Å²) in [6, 6.07) is 10.1. The van der Waals surface area contributed by atoms with Crippen LogP contribution in [0.4, 0.5) is 0 Å². The predicted octanol–water partition coefficient (Wildman–Crippen LogP) is 2.69. The highest BCUT2D eigenvalue weighted by Gasteiger charge is 2.02. The van der Waals surface area contributed by atoms with Crippen molar-refractivity contribution >= 4 is 0 Å². The molecule has 0 aliphatic carbocycles. The highest BCUT2D eigenvalue weighted by atomic mass is 14.9. The molecular weight excluding hydrogens is 248 g/mol. The van der Waals surface area contributed by atoms with Crippen LogP contribution in [0.5, 0.6) is 0 Å². The van der Waals surface area contributed by atoms with E-state index >= 15 is 0 Å². The van der Waals surface area contributed by atoms with Gasteiger partial charge in [-0.3, -0.25) is 9.97 Å². The lowest BCUT2D eigenvalue weighted by Gasteiger charge is -2.02. The number of imidazole rings is 1. The highest BCUT2D eigenvalue weighted by molar-refractivity contribution is 5.22. The monoisotopic (exact) mass is 264 g/mol. The molecule has 0 saturated heterocycles. The lowest BCUT2D eigenvalue weighted by molar-refractivity contribution is 0.990. The van der Waals surface area contributed by atoms with Crippen LogP contribution in [-0.2, 0) is 12.8 Å². The van der Waals surface area contributed by atoms with Gasteiger partial charge in [-0.25, -0.2) is 4.98 Å². The van der Waals surface area contributed by atoms with E-state index in [0.29, 0.717) is 0 Å². The van der Waals surface area contributed by atoms with Gasteiger partial charge in [-0.1, -0.05) is 12.1 Å². The second-order valence-electron chi connectivity index (χ2n) is 4.83. The number of hydrogen-bond acceptors (Lipinski definition) is 3. The Bertz CT molecular complexity index is 671. The second-order valence-corrected chi connectivity index (χ2v) is 4.83. The summed E-state index contributed by atoms with van der Waals surface area (Å²) >= 11 is 0. The van der Waals surface area contributed by atoms with Crippen molar-refractivity contribution in [3.63, 3.8) is 0 Å². The number of pyridine rings is 2. The number of nitrogens with one attached hydrogen (secondary N) is 1. The Balaban J connectivity index is 1.68. The average Bonchev–Trinajstić information content (AvgIpc) is 2.88. The van der Waals surface area contributed by atoms with Gasteiger partial charge in [0.2, 0.25) is 0 Å². The third kappa shape index (κ3) is 3.09. The maximum atomic E-state index is 4.50. The van der Waals surface area contributed by atoms with E-state index in [2.05, 4.69) is 32.1 Å². The molecule has 0 aliphatic rings. The summed E-state index contributed by atoms with van der Waals surface area (Å²) in [4.78, 5) is 16.2. The summed E-state index contributed by atoms with van der Waals surface area (Å²) in [5.74, 6) is 0.944. The molecule has 0 saturated carbocycles. The van der Waals surface area contributed by atoms with E-state index in [4.69, 9.17) is 0 Å². The van der Waals surface area contributed by atoms with Crippen LogP contribution in [0.1, 0.15) is 28.5 Å². The molecule has 3 rings (SSSR count). The van der Waals surface area contributed by atoms with Crippen LogP contribution in [-0.4, -0.2) is 19.9 Å². The fraction of sp³-hybridized carbons (Fsp3) is 0.188. The molecular formula is C16H16N4. The molecule has 1 N–H and O–H groups in total. The quantitative estimate of drug-likeness (QED) is 0.788. The van der Waals surface area contributed by atoms with E-state index in [-0.39, 0.29) is 0 Å². The Labute approximate surface area is 118 Å². The highest BCUT2D eigenvalue weighted by Crippen LogP contribution is 2.09. The zero-order valence-corrected chi connectivity index (χ0v) is 11.4. The standard InChI is InChI=1S/C16H16N4/c1-12-18-11-16(20-12)8-13-5-6-15(19-10-13)9-14-4-2-3-7-17-14/h2-7,10-11H,8-9H2,1H3,(H,18,20). The van der Waals surface area contributed by atoms with Crippen molar-refractivity contribution in [1.82, 2.24) is 19.9 Å². The molecule has 0 amide bonds. The van der Waals surface area contributed by atoms with Crippen LogP contribution in [0.25, 0.3) is 0 Å². The van der Waals surface area contributed by atoms with E-state index in [1.165, 1.54) is 5.56 Å². The van der Waals surface area contributed by atoms with Crippen LogP contribution in [0, 0.1) is 6.92 Å². The zero-order chi connectivity index (χ0) is 13.8. The molecule has 100 valence electrons. The summed E-state index contributed by atoms with van der Waals surface area (Å²) < 4.78 is 0. The largest absolute Gasteiger partial charge is 0.346 e. The number of H-pyrrole nitrogens is 1. The van der Waals surface area contributed by atoms with Gasteiger partial charge in [-0.05, 0) is 30.7 Å². The van der Waals surface area contributed by atoms with Gasteiger partial charge in [0.1, 0.15) is 5.82 Å². The average molecular weight is 264 g/mol. The molecule has 0 spiro atoms. The summed E-state index contributed by atoms with van der Waals surface area (Å²) in [5, 5.41) is 0. The molecule has 3 heterocycles. The molecule has 0 bridgehead atoms. The van der Waals surface area contributed by atoms with Crippen molar-refractivity contribution in [2.24, 2.45) is 0 Å². The minimum atomic E-state index is 0.768. The first-order valence-corrected chi connectivity index (χ1v) is 6.64. The van der Waals surface area contributed by atoms with Gasteiger partial charge < -0.3 is 4.98 Å². The molecule has 0 radical (unpaired) electrons. The normalized spacial score (nSPS) is 10.7. The van der Waals surface area contributed by atoms with Gasteiger partial charge >= 0.3 is 0 Å². The number of aromatic amines is 1. The molecule has 0 unspecified atom stereocenters. The third-order valence-electron chi connectivity index (χ3n) is 3.12. The summed E-state index contributed by atoms with van der Waals surface area (Å²) in [6.07, 6.45) is 7.21. The lowest BCUT2D eigenvalue weighted by atomic mass is 10.1. The molecule has 4 nitrogen and oxygen atoms in total. The van der Waals surface area contributed by atoms with Gasteiger partial charge in [0.05, 0.1) is 0 Å². The Morgan fingerprint density at radius 1 is 0.900 bits per heavy atom. The minimum absolute atomic E-state index is 0.768. The Hall–Kier alpha value is -2.49. The van der Waals surface area contributed by atoms with Gasteiger partial charge in [-0.2, -0.15) is 0 Å². The van der Waals surface area contributed by atoms with E-state index in [0.717, 1.165) is 35.7 Å². The second kappa shape index (κ2) is 5.65. The summed E-state index contributed by atoms with van der Waals surface area (Å²) in [5.41, 5.74) is 4.37. The van der Waals surface area contributed by atoms with Crippen molar-refractivity contribution in [3.05, 3.63) is 77.4 Å². The summed E-state index contributed by atoms with van der Waals surface area (Å²) in [6.45, 7) is 1.96. The maximum Gasteiger partial charge on any atom is 0.103 e. The molecule has 0 fully saturated rings. The van der Waals surface area contributed by atoms with Crippen molar-refractivity contribution < 1.29 is 0 Å². The SMILES string of the molecule is Cc1ncc(Cc2ccc(Cc3ccccn3)nc2)[nH]1. The van der Waals surface area contributed by atoms with Crippen LogP contribution in [0.2, 0.25) is 0 Å². The van der Waals surface area contributed by atoms with E-state index in [1.807, 2.05) is 43.7 Å². The van der Waals surface area contributed by atoms with Crippen LogP contribution in [0.3, 0.4) is 0 Å². The Kier molecular flexibility index (Phi) is 3.54. The molecule has 0 aliphatic heterocycles. The summed E-state index contributed by atoms with van der Waals surface area (Å²) in [7, 11) is 0. The zero-order valence-electron chi connectivity index (χ0n) is 11.4. The van der Waals surface area contributed by atoms with E-state index in [1.54, 1.807) is 0 Å². The molecule has 20 heavy (non-hydrogen) atoms. The molecule has 0 aromatic carbocycles. The Morgan fingerprint density at radius 3 is 2.45 bits per heavy atom. The smallest absolute Gasteiger partial charge is 0.103 e. The number of aromatic nitrogens is 4. The minimum Gasteiger partial charge on any atom is -0.346 e. The number of rotatable bonds is 4. The molecule has 0 atom stereocenters. The maximum absolute atomic E-state index is 4.50. The van der Waals surface area contributed by atoms with Crippen molar-refractivity contribution in [1.29, 1.82) is 0 Å². The first kappa shape index (κ1) is 12.5. The first-order valence-electron chi connectivity index (χ1n) is 6.64. The van der Waals surface area contributed by atoms with Gasteiger partial charge in [0.25, 0.3) is 0 Å². The first-order chi connectivity index (χ1) is 9.79. The fourth-order valence-electron chi connectivity index (χ4n) is 2.13.